The Labute approximate surface area is 180 Å². The van der Waals surface area contributed by atoms with Gasteiger partial charge in [0.2, 0.25) is 5.91 Å². The highest BCUT2D eigenvalue weighted by Crippen LogP contribution is 2.27. The summed E-state index contributed by atoms with van der Waals surface area (Å²) in [5.41, 5.74) is 6.56. The maximum Gasteiger partial charge on any atom is 0.276 e. The number of benzene rings is 2. The molecule has 0 unspecified atom stereocenters. The number of nitrogens with one attached hydrogen (secondary N) is 3. The number of carbonyl (C=O) groups excluding carboxylic acids is 2. The highest BCUT2D eigenvalue weighted by molar-refractivity contribution is 7.80. The summed E-state index contributed by atoms with van der Waals surface area (Å²) in [6, 6.07) is 12.6. The van der Waals surface area contributed by atoms with Crippen LogP contribution in [0.4, 0.5) is 0 Å². The Morgan fingerprint density at radius 2 is 1.80 bits per heavy atom. The van der Waals surface area contributed by atoms with Gasteiger partial charge in [-0.05, 0) is 60.6 Å². The van der Waals surface area contributed by atoms with Gasteiger partial charge in [0.1, 0.15) is 5.75 Å². The van der Waals surface area contributed by atoms with Crippen LogP contribution >= 0.6 is 12.2 Å². The van der Waals surface area contributed by atoms with Crippen LogP contribution in [0.5, 0.6) is 17.2 Å². The summed E-state index contributed by atoms with van der Waals surface area (Å²) in [5.74, 6) is 0.808. The molecule has 158 valence electrons. The molecule has 0 aromatic heterocycles. The van der Waals surface area contributed by atoms with Gasteiger partial charge in [-0.2, -0.15) is 0 Å². The van der Waals surface area contributed by atoms with E-state index >= 15 is 0 Å². The quantitative estimate of drug-likeness (QED) is 0.352. The number of amides is 2. The van der Waals surface area contributed by atoms with Gasteiger partial charge >= 0.3 is 0 Å². The van der Waals surface area contributed by atoms with E-state index in [9.17, 15) is 9.59 Å². The molecule has 0 spiro atoms. The number of hydrogen-bond acceptors (Lipinski definition) is 6. The van der Waals surface area contributed by atoms with E-state index in [1.807, 2.05) is 25.1 Å². The first kappa shape index (κ1) is 22.7. The Balaban J connectivity index is 1.75. The normalized spacial score (nSPS) is 10.2. The van der Waals surface area contributed by atoms with Gasteiger partial charge in [0.25, 0.3) is 5.91 Å². The lowest BCUT2D eigenvalue weighted by Gasteiger charge is -2.11. The van der Waals surface area contributed by atoms with E-state index in [2.05, 4.69) is 16.2 Å². The number of methoxy groups -OCH3 is 2. The van der Waals surface area contributed by atoms with Crippen LogP contribution in [0.2, 0.25) is 0 Å². The number of carbonyl (C=O) groups is 2. The molecule has 9 heteroatoms. The van der Waals surface area contributed by atoms with Gasteiger partial charge in [-0.15, -0.1) is 0 Å². The molecule has 30 heavy (non-hydrogen) atoms. The summed E-state index contributed by atoms with van der Waals surface area (Å²) in [6.45, 7) is 1.72. The Bertz CT molecular complexity index is 946. The first-order valence-corrected chi connectivity index (χ1v) is 9.31. The number of aryl methyl sites for hydroxylation is 1. The Morgan fingerprint density at radius 1 is 1.03 bits per heavy atom. The van der Waals surface area contributed by atoms with E-state index in [4.69, 9.17) is 26.4 Å². The number of hydrogen-bond donors (Lipinski definition) is 3. The fourth-order valence-corrected chi connectivity index (χ4v) is 2.48. The SMILES string of the molecule is COc1ccc(/C=C/C(=O)NC(=S)NNC(=O)COc2cccc(C)c2)cc1OC. The highest BCUT2D eigenvalue weighted by atomic mass is 32.1. The topological polar surface area (TPSA) is 97.9 Å². The average Bonchev–Trinajstić information content (AvgIpc) is 2.74. The molecule has 0 saturated heterocycles. The zero-order chi connectivity index (χ0) is 21.9. The summed E-state index contributed by atoms with van der Waals surface area (Å²) in [7, 11) is 3.07. The minimum atomic E-state index is -0.465. The second-order valence-corrected chi connectivity index (χ2v) is 6.45. The molecule has 2 aromatic carbocycles. The number of hydrazine groups is 1. The molecule has 3 N–H and O–H groups in total. The molecule has 0 bridgehead atoms. The van der Waals surface area contributed by atoms with Crippen molar-refractivity contribution in [3.05, 3.63) is 59.7 Å². The zero-order valence-electron chi connectivity index (χ0n) is 16.9. The van der Waals surface area contributed by atoms with Crippen LogP contribution in [0.25, 0.3) is 6.08 Å². The predicted octanol–water partition coefficient (Wildman–Crippen LogP) is 2.13. The minimum absolute atomic E-state index is 0.0548. The van der Waals surface area contributed by atoms with Crippen molar-refractivity contribution >= 4 is 35.2 Å². The Kier molecular flexibility index (Phi) is 8.64. The maximum atomic E-state index is 12.0. The number of rotatable bonds is 7. The summed E-state index contributed by atoms with van der Waals surface area (Å²) >= 11 is 4.98. The van der Waals surface area contributed by atoms with Crippen LogP contribution in [0.1, 0.15) is 11.1 Å². The molecule has 0 radical (unpaired) electrons. The first-order chi connectivity index (χ1) is 14.4. The van der Waals surface area contributed by atoms with Crippen LogP contribution in [0.15, 0.2) is 48.5 Å². The lowest BCUT2D eigenvalue weighted by Crippen LogP contribution is -2.49. The number of thiocarbonyl (C=S) groups is 1. The smallest absolute Gasteiger partial charge is 0.276 e. The van der Waals surface area contributed by atoms with E-state index in [0.717, 1.165) is 11.1 Å². The fourth-order valence-electron chi connectivity index (χ4n) is 2.33. The zero-order valence-corrected chi connectivity index (χ0v) is 17.7. The van der Waals surface area contributed by atoms with E-state index in [-0.39, 0.29) is 11.7 Å². The maximum absolute atomic E-state index is 12.0. The fraction of sp³-hybridized carbons (Fsp3) is 0.190. The van der Waals surface area contributed by atoms with Crippen molar-refractivity contribution < 1.29 is 23.8 Å². The van der Waals surface area contributed by atoms with Crippen LogP contribution in [-0.2, 0) is 9.59 Å². The van der Waals surface area contributed by atoms with Gasteiger partial charge in [0.05, 0.1) is 14.2 Å². The molecule has 2 aromatic rings. The monoisotopic (exact) mass is 429 g/mol. The van der Waals surface area contributed by atoms with Gasteiger partial charge in [0, 0.05) is 6.08 Å². The van der Waals surface area contributed by atoms with Gasteiger partial charge in [-0.1, -0.05) is 18.2 Å². The van der Waals surface area contributed by atoms with Crippen LogP contribution in [-0.4, -0.2) is 37.8 Å². The Morgan fingerprint density at radius 3 is 2.50 bits per heavy atom. The lowest BCUT2D eigenvalue weighted by atomic mass is 10.2. The molecule has 2 rings (SSSR count). The molecular formula is C21H23N3O5S. The summed E-state index contributed by atoms with van der Waals surface area (Å²) in [6.07, 6.45) is 2.89. The van der Waals surface area contributed by atoms with Crippen molar-refractivity contribution in [3.8, 4) is 17.2 Å². The van der Waals surface area contributed by atoms with Gasteiger partial charge in [0.15, 0.2) is 23.2 Å². The average molecular weight is 429 g/mol. The van der Waals surface area contributed by atoms with Crippen LogP contribution < -0.4 is 30.4 Å². The highest BCUT2D eigenvalue weighted by Gasteiger charge is 2.06. The van der Waals surface area contributed by atoms with Crippen molar-refractivity contribution in [2.24, 2.45) is 0 Å². The second kappa shape index (κ2) is 11.4. The van der Waals surface area contributed by atoms with Crippen molar-refractivity contribution in [3.63, 3.8) is 0 Å². The third-order valence-corrected chi connectivity index (χ3v) is 3.95. The van der Waals surface area contributed by atoms with Crippen molar-refractivity contribution in [2.75, 3.05) is 20.8 Å². The predicted molar refractivity (Wildman–Crippen MR) is 117 cm³/mol. The molecule has 0 saturated carbocycles. The van der Waals surface area contributed by atoms with E-state index < -0.39 is 11.8 Å². The van der Waals surface area contributed by atoms with Crippen LogP contribution in [0.3, 0.4) is 0 Å². The summed E-state index contributed by atoms with van der Waals surface area (Å²) in [4.78, 5) is 23.8. The van der Waals surface area contributed by atoms with Crippen molar-refractivity contribution in [1.29, 1.82) is 0 Å². The van der Waals surface area contributed by atoms with Crippen molar-refractivity contribution in [2.45, 2.75) is 6.92 Å². The third-order valence-electron chi connectivity index (χ3n) is 3.75. The molecule has 0 aliphatic heterocycles. The second-order valence-electron chi connectivity index (χ2n) is 6.04. The van der Waals surface area contributed by atoms with Crippen molar-refractivity contribution in [1.82, 2.24) is 16.2 Å². The summed E-state index contributed by atoms with van der Waals surface area (Å²) < 4.78 is 15.8. The van der Waals surface area contributed by atoms with E-state index in [0.29, 0.717) is 17.2 Å². The Hall–Kier alpha value is -3.59. The van der Waals surface area contributed by atoms with E-state index in [1.54, 1.807) is 37.5 Å². The van der Waals surface area contributed by atoms with E-state index in [1.165, 1.54) is 13.2 Å². The molecule has 0 aliphatic carbocycles. The van der Waals surface area contributed by atoms with Gasteiger partial charge in [-0.3, -0.25) is 25.8 Å². The standard InChI is InChI=1S/C21H23N3O5S/c1-14-5-4-6-16(11-14)29-13-20(26)23-24-21(30)22-19(25)10-8-15-7-9-17(27-2)18(12-15)28-3/h4-12H,13H2,1-3H3,(H,23,26)(H2,22,24,25,30)/b10-8+. The molecule has 0 heterocycles. The molecule has 2 amide bonds. The van der Waals surface area contributed by atoms with Crippen LogP contribution in [0, 0.1) is 6.92 Å². The molecular weight excluding hydrogens is 406 g/mol. The molecule has 0 aliphatic rings. The number of ether oxygens (including phenoxy) is 3. The summed E-state index contributed by atoms with van der Waals surface area (Å²) in [5, 5.41) is 2.37. The molecule has 0 fully saturated rings. The molecule has 0 atom stereocenters. The molecule has 8 nitrogen and oxygen atoms in total. The largest absolute Gasteiger partial charge is 0.493 e. The third kappa shape index (κ3) is 7.44. The minimum Gasteiger partial charge on any atom is -0.493 e. The van der Waals surface area contributed by atoms with Gasteiger partial charge in [-0.25, -0.2) is 0 Å². The van der Waals surface area contributed by atoms with Gasteiger partial charge < -0.3 is 14.2 Å². The first-order valence-electron chi connectivity index (χ1n) is 8.90. The lowest BCUT2D eigenvalue weighted by molar-refractivity contribution is -0.123.